The van der Waals surface area contributed by atoms with Crippen LogP contribution >= 0.6 is 23.1 Å². The van der Waals surface area contributed by atoms with Gasteiger partial charge in [-0.25, -0.2) is 18.7 Å². The minimum absolute atomic E-state index is 0.0788. The number of para-hydroxylation sites is 1. The van der Waals surface area contributed by atoms with Crippen LogP contribution < -0.4 is 10.9 Å². The average molecular weight is 495 g/mol. The van der Waals surface area contributed by atoms with Crippen LogP contribution in [0.25, 0.3) is 20.4 Å². The molecular weight excluding hydrogens is 478 g/mol. The quantitative estimate of drug-likeness (QED) is 0.264. The molecular formula is C24H16F2N4O2S2. The van der Waals surface area contributed by atoms with E-state index in [0.717, 1.165) is 17.1 Å². The summed E-state index contributed by atoms with van der Waals surface area (Å²) in [5.74, 6) is -1.43. The Labute approximate surface area is 200 Å². The van der Waals surface area contributed by atoms with Gasteiger partial charge < -0.3 is 5.32 Å². The van der Waals surface area contributed by atoms with Gasteiger partial charge in [-0.3, -0.25) is 14.2 Å². The highest BCUT2D eigenvalue weighted by molar-refractivity contribution is 7.99. The van der Waals surface area contributed by atoms with Gasteiger partial charge in [0.1, 0.15) is 21.2 Å². The third-order valence-electron chi connectivity index (χ3n) is 5.05. The number of pyridine rings is 1. The van der Waals surface area contributed by atoms with Crippen LogP contribution in [0.3, 0.4) is 0 Å². The second-order valence-electron chi connectivity index (χ2n) is 7.36. The number of thioether (sulfide) groups is 1. The summed E-state index contributed by atoms with van der Waals surface area (Å²) in [4.78, 5) is 35.6. The number of carbonyl (C=O) groups is 1. The fourth-order valence-electron chi connectivity index (χ4n) is 3.44. The number of nitrogens with one attached hydrogen (secondary N) is 1. The van der Waals surface area contributed by atoms with Crippen molar-refractivity contribution in [2.45, 2.75) is 11.7 Å². The summed E-state index contributed by atoms with van der Waals surface area (Å²) in [5, 5.41) is 3.62. The predicted molar refractivity (Wildman–Crippen MR) is 130 cm³/mol. The van der Waals surface area contributed by atoms with Crippen LogP contribution in [0.5, 0.6) is 0 Å². The summed E-state index contributed by atoms with van der Waals surface area (Å²) in [7, 11) is 0. The SMILES string of the molecule is O=C(CSc1nc2c(sc3ncccc32)c(=O)n1Cc1ccc(F)cc1)Nc1ccccc1F. The minimum atomic E-state index is -0.536. The normalized spacial score (nSPS) is 11.2. The topological polar surface area (TPSA) is 76.9 Å². The number of amides is 1. The number of rotatable bonds is 6. The molecule has 34 heavy (non-hydrogen) atoms. The van der Waals surface area contributed by atoms with Gasteiger partial charge in [-0.2, -0.15) is 0 Å². The molecule has 0 saturated heterocycles. The minimum Gasteiger partial charge on any atom is -0.323 e. The number of benzene rings is 2. The van der Waals surface area contributed by atoms with E-state index in [1.807, 2.05) is 6.07 Å². The van der Waals surface area contributed by atoms with Crippen molar-refractivity contribution in [1.29, 1.82) is 0 Å². The van der Waals surface area contributed by atoms with Crippen LogP contribution in [0, 0.1) is 11.6 Å². The van der Waals surface area contributed by atoms with Crippen LogP contribution in [0.15, 0.2) is 76.8 Å². The lowest BCUT2D eigenvalue weighted by Gasteiger charge is -2.12. The molecule has 0 aliphatic rings. The number of anilines is 1. The molecule has 0 saturated carbocycles. The molecule has 5 rings (SSSR count). The van der Waals surface area contributed by atoms with Gasteiger partial charge in [0.15, 0.2) is 5.16 Å². The molecule has 10 heteroatoms. The van der Waals surface area contributed by atoms with Crippen LogP contribution in [-0.4, -0.2) is 26.2 Å². The number of hydrogen-bond donors (Lipinski definition) is 1. The van der Waals surface area contributed by atoms with E-state index in [2.05, 4.69) is 10.3 Å². The molecule has 0 bridgehead atoms. The third-order valence-corrected chi connectivity index (χ3v) is 7.12. The Kier molecular flexibility index (Phi) is 6.08. The first kappa shape index (κ1) is 22.2. The third kappa shape index (κ3) is 4.42. The number of carbonyl (C=O) groups excluding carboxylic acids is 1. The van der Waals surface area contributed by atoms with E-state index < -0.39 is 11.7 Å². The van der Waals surface area contributed by atoms with Crippen molar-refractivity contribution in [3.05, 3.63) is 94.4 Å². The lowest BCUT2D eigenvalue weighted by molar-refractivity contribution is -0.113. The zero-order valence-electron chi connectivity index (χ0n) is 17.5. The van der Waals surface area contributed by atoms with E-state index in [1.165, 1.54) is 46.2 Å². The molecule has 0 aliphatic heterocycles. The molecule has 3 aromatic heterocycles. The van der Waals surface area contributed by atoms with Gasteiger partial charge in [-0.05, 0) is 42.0 Å². The maximum atomic E-state index is 13.9. The Morgan fingerprint density at radius 2 is 1.85 bits per heavy atom. The van der Waals surface area contributed by atoms with Gasteiger partial charge in [0, 0.05) is 11.6 Å². The van der Waals surface area contributed by atoms with Gasteiger partial charge in [-0.15, -0.1) is 11.3 Å². The number of hydrogen-bond acceptors (Lipinski definition) is 6. The number of nitrogens with zero attached hydrogens (tertiary/aromatic N) is 3. The van der Waals surface area contributed by atoms with E-state index in [1.54, 1.807) is 30.5 Å². The van der Waals surface area contributed by atoms with Crippen molar-refractivity contribution in [2.75, 3.05) is 11.1 Å². The van der Waals surface area contributed by atoms with Crippen molar-refractivity contribution < 1.29 is 13.6 Å². The zero-order chi connectivity index (χ0) is 23.7. The molecule has 170 valence electrons. The monoisotopic (exact) mass is 494 g/mol. The molecule has 0 aliphatic carbocycles. The number of thiophene rings is 1. The summed E-state index contributed by atoms with van der Waals surface area (Å²) in [6.45, 7) is 0.154. The van der Waals surface area contributed by atoms with Crippen LogP contribution in [0.2, 0.25) is 0 Å². The molecule has 0 radical (unpaired) electrons. The number of halogens is 2. The Morgan fingerprint density at radius 3 is 2.65 bits per heavy atom. The molecule has 0 fully saturated rings. The zero-order valence-corrected chi connectivity index (χ0v) is 19.1. The van der Waals surface area contributed by atoms with Crippen LogP contribution in [-0.2, 0) is 11.3 Å². The lowest BCUT2D eigenvalue weighted by atomic mass is 10.2. The fourth-order valence-corrected chi connectivity index (χ4v) is 5.26. The Bertz CT molecular complexity index is 1580. The van der Waals surface area contributed by atoms with Gasteiger partial charge >= 0.3 is 0 Å². The highest BCUT2D eigenvalue weighted by Gasteiger charge is 2.18. The van der Waals surface area contributed by atoms with Crippen LogP contribution in [0.4, 0.5) is 14.5 Å². The molecule has 1 amide bonds. The number of fused-ring (bicyclic) bond motifs is 3. The first-order valence-corrected chi connectivity index (χ1v) is 12.0. The highest BCUT2D eigenvalue weighted by Crippen LogP contribution is 2.30. The van der Waals surface area contributed by atoms with Crippen molar-refractivity contribution in [3.63, 3.8) is 0 Å². The smallest absolute Gasteiger partial charge is 0.272 e. The molecule has 2 aromatic carbocycles. The van der Waals surface area contributed by atoms with Gasteiger partial charge in [0.2, 0.25) is 5.91 Å². The highest BCUT2D eigenvalue weighted by atomic mass is 32.2. The van der Waals surface area contributed by atoms with E-state index >= 15 is 0 Å². The molecule has 5 aromatic rings. The number of aromatic nitrogens is 3. The summed E-state index contributed by atoms with van der Waals surface area (Å²) >= 11 is 2.33. The first-order valence-electron chi connectivity index (χ1n) is 10.2. The summed E-state index contributed by atoms with van der Waals surface area (Å²) in [6, 6.07) is 15.3. The Balaban J connectivity index is 1.51. The van der Waals surface area contributed by atoms with E-state index in [4.69, 9.17) is 4.98 Å². The van der Waals surface area contributed by atoms with Crippen LogP contribution in [0.1, 0.15) is 5.56 Å². The van der Waals surface area contributed by atoms with Crippen molar-refractivity contribution in [2.24, 2.45) is 0 Å². The maximum absolute atomic E-state index is 13.9. The van der Waals surface area contributed by atoms with E-state index in [9.17, 15) is 18.4 Å². The standard InChI is InChI=1S/C24H16F2N4O2S2/c25-15-9-7-14(8-10-15)12-30-23(32)21-20(16-4-3-11-27-22(16)34-21)29-24(30)33-13-19(31)28-18-6-2-1-5-17(18)26/h1-11H,12-13H2,(H,28,31). The fraction of sp³-hybridized carbons (Fsp3) is 0.0833. The molecule has 0 spiro atoms. The maximum Gasteiger partial charge on any atom is 0.272 e. The van der Waals surface area contributed by atoms with E-state index in [0.29, 0.717) is 25.8 Å². The average Bonchev–Trinajstić information content (AvgIpc) is 3.21. The van der Waals surface area contributed by atoms with Gasteiger partial charge in [0.05, 0.1) is 23.5 Å². The predicted octanol–water partition coefficient (Wildman–Crippen LogP) is 5.06. The summed E-state index contributed by atoms with van der Waals surface area (Å²) in [6.07, 6.45) is 1.65. The van der Waals surface area contributed by atoms with Crippen molar-refractivity contribution >= 4 is 55.1 Å². The first-order chi connectivity index (χ1) is 16.5. The van der Waals surface area contributed by atoms with E-state index in [-0.39, 0.29) is 29.4 Å². The van der Waals surface area contributed by atoms with Crippen molar-refractivity contribution in [3.8, 4) is 0 Å². The Hall–Kier alpha value is -3.63. The van der Waals surface area contributed by atoms with Gasteiger partial charge in [-0.1, -0.05) is 36.0 Å². The van der Waals surface area contributed by atoms with Crippen molar-refractivity contribution in [1.82, 2.24) is 14.5 Å². The summed E-state index contributed by atoms with van der Waals surface area (Å²) in [5.41, 5.74) is 1.04. The molecule has 6 nitrogen and oxygen atoms in total. The second kappa shape index (κ2) is 9.32. The summed E-state index contributed by atoms with van der Waals surface area (Å²) < 4.78 is 29.2. The lowest BCUT2D eigenvalue weighted by Crippen LogP contribution is -2.24. The molecule has 0 atom stereocenters. The van der Waals surface area contributed by atoms with Gasteiger partial charge in [0.25, 0.3) is 5.56 Å². The molecule has 0 unspecified atom stereocenters. The largest absolute Gasteiger partial charge is 0.323 e. The molecule has 3 heterocycles. The Morgan fingerprint density at radius 1 is 1.06 bits per heavy atom. The molecule has 1 N–H and O–H groups in total. The second-order valence-corrected chi connectivity index (χ2v) is 9.31.